The molecule has 27 heavy (non-hydrogen) atoms. The summed E-state index contributed by atoms with van der Waals surface area (Å²) < 4.78 is 12.2. The van der Waals surface area contributed by atoms with Crippen LogP contribution in [0.2, 0.25) is 0 Å². The van der Waals surface area contributed by atoms with E-state index >= 15 is 0 Å². The molecule has 0 aliphatic heterocycles. The number of nitrogens with one attached hydrogen (secondary N) is 2. The highest BCUT2D eigenvalue weighted by atomic mass is 32.1. The lowest BCUT2D eigenvalue weighted by atomic mass is 10.1. The van der Waals surface area contributed by atoms with E-state index in [2.05, 4.69) is 10.3 Å². The third-order valence-corrected chi connectivity index (χ3v) is 4.46. The van der Waals surface area contributed by atoms with E-state index in [1.807, 2.05) is 0 Å². The molecule has 1 aromatic carbocycles. The Morgan fingerprint density at radius 2 is 1.85 bits per heavy atom. The molecule has 3 heterocycles. The molecule has 0 saturated heterocycles. The maximum Gasteiger partial charge on any atom is 0.262 e. The normalized spacial score (nSPS) is 11.0. The number of aromatic nitrogens is 2. The van der Waals surface area contributed by atoms with Crippen LogP contribution in [0.1, 0.15) is 21.9 Å². The van der Waals surface area contributed by atoms with Crippen molar-refractivity contribution in [1.82, 2.24) is 14.9 Å². The molecule has 7 nitrogen and oxygen atoms in total. The Hall–Kier alpha value is -3.39. The van der Waals surface area contributed by atoms with Crippen LogP contribution in [-0.2, 0) is 13.1 Å². The van der Waals surface area contributed by atoms with E-state index in [1.165, 1.54) is 4.57 Å². The summed E-state index contributed by atoms with van der Waals surface area (Å²) in [5.41, 5.74) is 0.682. The van der Waals surface area contributed by atoms with E-state index in [9.17, 15) is 9.59 Å². The predicted octanol–water partition coefficient (Wildman–Crippen LogP) is 3.22. The van der Waals surface area contributed by atoms with Crippen molar-refractivity contribution in [1.29, 1.82) is 0 Å². The number of benzene rings is 1. The van der Waals surface area contributed by atoms with Crippen LogP contribution in [0.15, 0.2) is 68.6 Å². The second-order valence-electron chi connectivity index (χ2n) is 5.92. The van der Waals surface area contributed by atoms with Gasteiger partial charge in [-0.3, -0.25) is 14.2 Å². The molecule has 0 aliphatic rings. The molecule has 0 radical (unpaired) electrons. The van der Waals surface area contributed by atoms with E-state index in [1.54, 1.807) is 55.0 Å². The Labute approximate surface area is 158 Å². The maximum atomic E-state index is 12.8. The van der Waals surface area contributed by atoms with Crippen molar-refractivity contribution in [3.05, 3.63) is 87.2 Å². The Morgan fingerprint density at radius 1 is 1.11 bits per heavy atom. The summed E-state index contributed by atoms with van der Waals surface area (Å²) in [4.78, 5) is 28.1. The number of rotatable bonds is 5. The molecule has 136 valence electrons. The number of amides is 1. The van der Waals surface area contributed by atoms with Gasteiger partial charge in [0.2, 0.25) is 0 Å². The number of aromatic amines is 1. The molecule has 0 aliphatic carbocycles. The van der Waals surface area contributed by atoms with Gasteiger partial charge in [-0.1, -0.05) is 0 Å². The average molecular weight is 381 g/mol. The minimum Gasteiger partial charge on any atom is -0.467 e. The zero-order chi connectivity index (χ0) is 18.8. The summed E-state index contributed by atoms with van der Waals surface area (Å²) in [5, 5.41) is 3.21. The lowest BCUT2D eigenvalue weighted by molar-refractivity contribution is 0.0948. The van der Waals surface area contributed by atoms with Crippen LogP contribution >= 0.6 is 12.2 Å². The smallest absolute Gasteiger partial charge is 0.262 e. The standard InChI is InChI=1S/C19H15N3O4S/c23-17(20-10-13-3-1-7-25-13)12-5-6-15-16(9-12)21-19(27)22(18(15)24)11-14-4-2-8-26-14/h1-9H,10-11H2,(H,20,23)(H,21,27). The molecule has 4 aromatic rings. The van der Waals surface area contributed by atoms with Gasteiger partial charge in [0, 0.05) is 5.56 Å². The van der Waals surface area contributed by atoms with Crippen molar-refractivity contribution in [2.75, 3.05) is 0 Å². The lowest BCUT2D eigenvalue weighted by Gasteiger charge is -2.08. The van der Waals surface area contributed by atoms with E-state index in [0.29, 0.717) is 28.0 Å². The molecule has 1 amide bonds. The van der Waals surface area contributed by atoms with E-state index < -0.39 is 0 Å². The first-order valence-corrected chi connectivity index (χ1v) is 8.62. The number of nitrogens with zero attached hydrogens (tertiary/aromatic N) is 1. The SMILES string of the molecule is O=C(NCc1ccco1)c1ccc2c(=O)n(Cc3ccco3)c(=S)[nH]c2c1. The number of H-pyrrole nitrogens is 1. The fraction of sp³-hybridized carbons (Fsp3) is 0.105. The molecule has 0 bridgehead atoms. The number of carbonyl (C=O) groups excluding carboxylic acids is 1. The summed E-state index contributed by atoms with van der Waals surface area (Å²) in [5.74, 6) is 1.02. The predicted molar refractivity (Wildman–Crippen MR) is 101 cm³/mol. The van der Waals surface area contributed by atoms with Crippen molar-refractivity contribution < 1.29 is 13.6 Å². The number of fused-ring (bicyclic) bond motifs is 1. The van der Waals surface area contributed by atoms with Crippen molar-refractivity contribution >= 4 is 29.0 Å². The number of hydrogen-bond donors (Lipinski definition) is 2. The molecule has 0 atom stereocenters. The van der Waals surface area contributed by atoms with Crippen LogP contribution in [0, 0.1) is 4.77 Å². The Kier molecular flexibility index (Phi) is 4.47. The highest BCUT2D eigenvalue weighted by Gasteiger charge is 2.11. The average Bonchev–Trinajstić information content (AvgIpc) is 3.36. The van der Waals surface area contributed by atoms with Gasteiger partial charge in [-0.05, 0) is 54.7 Å². The molecule has 0 saturated carbocycles. The van der Waals surface area contributed by atoms with Gasteiger partial charge in [0.15, 0.2) is 4.77 Å². The molecule has 4 rings (SSSR count). The van der Waals surface area contributed by atoms with E-state index in [0.717, 1.165) is 0 Å². The maximum absolute atomic E-state index is 12.8. The molecule has 2 N–H and O–H groups in total. The third-order valence-electron chi connectivity index (χ3n) is 4.14. The largest absolute Gasteiger partial charge is 0.467 e. The third kappa shape index (κ3) is 3.47. The summed E-state index contributed by atoms with van der Waals surface area (Å²) in [6.07, 6.45) is 3.09. The van der Waals surface area contributed by atoms with Crippen molar-refractivity contribution in [2.24, 2.45) is 0 Å². The van der Waals surface area contributed by atoms with E-state index in [4.69, 9.17) is 21.1 Å². The monoisotopic (exact) mass is 381 g/mol. The van der Waals surface area contributed by atoms with Crippen LogP contribution in [0.4, 0.5) is 0 Å². The first kappa shape index (κ1) is 17.0. The Morgan fingerprint density at radius 3 is 2.56 bits per heavy atom. The van der Waals surface area contributed by atoms with E-state index in [-0.39, 0.29) is 29.3 Å². The van der Waals surface area contributed by atoms with Crippen LogP contribution < -0.4 is 10.9 Å². The topological polar surface area (TPSA) is 93.2 Å². The highest BCUT2D eigenvalue weighted by molar-refractivity contribution is 7.71. The quantitative estimate of drug-likeness (QED) is 0.518. The Bertz CT molecular complexity index is 1200. The number of carbonyl (C=O) groups is 1. The van der Waals surface area contributed by atoms with Crippen molar-refractivity contribution in [3.8, 4) is 0 Å². The molecule has 3 aromatic heterocycles. The molecule has 0 unspecified atom stereocenters. The van der Waals surface area contributed by atoms with Gasteiger partial charge in [0.05, 0.1) is 36.5 Å². The first-order valence-electron chi connectivity index (χ1n) is 8.21. The van der Waals surface area contributed by atoms with Gasteiger partial charge in [0.25, 0.3) is 11.5 Å². The summed E-state index contributed by atoms with van der Waals surface area (Å²) >= 11 is 5.31. The number of furan rings is 2. The van der Waals surface area contributed by atoms with Gasteiger partial charge < -0.3 is 19.1 Å². The minimum atomic E-state index is -0.271. The van der Waals surface area contributed by atoms with Crippen LogP contribution in [0.5, 0.6) is 0 Å². The lowest BCUT2D eigenvalue weighted by Crippen LogP contribution is -2.24. The fourth-order valence-corrected chi connectivity index (χ4v) is 3.04. The van der Waals surface area contributed by atoms with Gasteiger partial charge >= 0.3 is 0 Å². The molecule has 8 heteroatoms. The summed E-state index contributed by atoms with van der Waals surface area (Å²) in [6.45, 7) is 0.521. The van der Waals surface area contributed by atoms with Crippen molar-refractivity contribution in [3.63, 3.8) is 0 Å². The number of hydrogen-bond acceptors (Lipinski definition) is 5. The summed E-state index contributed by atoms with van der Waals surface area (Å²) in [6, 6.07) is 11.9. The molecular formula is C19H15N3O4S. The van der Waals surface area contributed by atoms with Crippen LogP contribution in [0.3, 0.4) is 0 Å². The minimum absolute atomic E-state index is 0.239. The zero-order valence-corrected chi connectivity index (χ0v) is 14.9. The fourth-order valence-electron chi connectivity index (χ4n) is 2.78. The molecular weight excluding hydrogens is 366 g/mol. The molecule has 0 fully saturated rings. The highest BCUT2D eigenvalue weighted by Crippen LogP contribution is 2.12. The second kappa shape index (κ2) is 7.08. The van der Waals surface area contributed by atoms with Crippen LogP contribution in [0.25, 0.3) is 10.9 Å². The van der Waals surface area contributed by atoms with Crippen LogP contribution in [-0.4, -0.2) is 15.5 Å². The first-order chi connectivity index (χ1) is 13.1. The second-order valence-corrected chi connectivity index (χ2v) is 6.31. The molecule has 0 spiro atoms. The van der Waals surface area contributed by atoms with Gasteiger partial charge in [0.1, 0.15) is 11.5 Å². The summed E-state index contributed by atoms with van der Waals surface area (Å²) in [7, 11) is 0. The Balaban J connectivity index is 1.64. The van der Waals surface area contributed by atoms with Gasteiger partial charge in [-0.2, -0.15) is 0 Å². The zero-order valence-electron chi connectivity index (χ0n) is 14.1. The van der Waals surface area contributed by atoms with Gasteiger partial charge in [-0.15, -0.1) is 0 Å². The van der Waals surface area contributed by atoms with Crippen molar-refractivity contribution in [2.45, 2.75) is 13.1 Å². The van der Waals surface area contributed by atoms with Gasteiger partial charge in [-0.25, -0.2) is 0 Å².